The van der Waals surface area contributed by atoms with E-state index in [2.05, 4.69) is 34.3 Å². The third-order valence-electron chi connectivity index (χ3n) is 5.02. The Labute approximate surface area is 159 Å². The average molecular weight is 363 g/mol. The van der Waals surface area contributed by atoms with Gasteiger partial charge in [0.15, 0.2) is 0 Å². The maximum atomic E-state index is 5.46. The van der Waals surface area contributed by atoms with E-state index >= 15 is 0 Å². The molecule has 1 aliphatic heterocycles. The van der Waals surface area contributed by atoms with Crippen LogP contribution in [0, 0.1) is 0 Å². The molecule has 1 N–H and O–H groups in total. The van der Waals surface area contributed by atoms with E-state index in [1.165, 1.54) is 0 Å². The largest absolute Gasteiger partial charge is 0.496 e. The van der Waals surface area contributed by atoms with Crippen molar-refractivity contribution in [2.24, 2.45) is 0 Å². The molecule has 1 aliphatic rings. The van der Waals surface area contributed by atoms with Crippen molar-refractivity contribution in [3.05, 3.63) is 54.1 Å². The molecule has 0 amide bonds. The van der Waals surface area contributed by atoms with Gasteiger partial charge in [-0.05, 0) is 25.2 Å². The molecule has 0 spiro atoms. The van der Waals surface area contributed by atoms with Crippen LogP contribution in [0.4, 0.5) is 11.8 Å². The number of methoxy groups -OCH3 is 1. The highest BCUT2D eigenvalue weighted by Gasteiger charge is 2.18. The van der Waals surface area contributed by atoms with Crippen LogP contribution in [0.2, 0.25) is 0 Å². The van der Waals surface area contributed by atoms with E-state index < -0.39 is 0 Å². The van der Waals surface area contributed by atoms with Gasteiger partial charge in [0.1, 0.15) is 11.6 Å². The molecule has 2 aromatic carbocycles. The number of hydrogen-bond donors (Lipinski definition) is 1. The van der Waals surface area contributed by atoms with Gasteiger partial charge < -0.3 is 19.9 Å². The average Bonchev–Trinajstić information content (AvgIpc) is 2.72. The number of hydrogen-bond acceptors (Lipinski definition) is 6. The quantitative estimate of drug-likeness (QED) is 0.752. The lowest BCUT2D eigenvalue weighted by Crippen LogP contribution is -2.45. The minimum Gasteiger partial charge on any atom is -0.496 e. The van der Waals surface area contributed by atoms with Crippen molar-refractivity contribution in [1.82, 2.24) is 14.9 Å². The van der Waals surface area contributed by atoms with E-state index in [0.717, 1.165) is 60.2 Å². The van der Waals surface area contributed by atoms with Gasteiger partial charge in [0.2, 0.25) is 5.95 Å². The molecule has 0 saturated carbocycles. The fourth-order valence-corrected chi connectivity index (χ4v) is 3.37. The Bertz CT molecular complexity index is 921. The summed E-state index contributed by atoms with van der Waals surface area (Å²) in [6.07, 6.45) is 0. The molecule has 0 bridgehead atoms. The van der Waals surface area contributed by atoms with Crippen LogP contribution in [0.3, 0.4) is 0 Å². The van der Waals surface area contributed by atoms with E-state index in [4.69, 9.17) is 14.7 Å². The number of nitrogens with one attached hydrogen (secondary N) is 1. The molecule has 1 saturated heterocycles. The molecule has 1 fully saturated rings. The zero-order valence-electron chi connectivity index (χ0n) is 15.9. The molecule has 6 nitrogen and oxygen atoms in total. The number of benzene rings is 2. The van der Waals surface area contributed by atoms with Crippen molar-refractivity contribution in [2.75, 3.05) is 50.6 Å². The summed E-state index contributed by atoms with van der Waals surface area (Å²) < 4.78 is 5.46. The maximum Gasteiger partial charge on any atom is 0.227 e. The Morgan fingerprint density at radius 3 is 2.52 bits per heavy atom. The second kappa shape index (κ2) is 7.80. The molecule has 0 radical (unpaired) electrons. The Morgan fingerprint density at radius 1 is 0.963 bits per heavy atom. The SMILES string of the molecule is COc1ccccc1CNc1nc(N2CCN(C)CC2)nc2ccccc12. The van der Waals surface area contributed by atoms with Crippen molar-refractivity contribution in [2.45, 2.75) is 6.54 Å². The number of anilines is 2. The summed E-state index contributed by atoms with van der Waals surface area (Å²) in [7, 11) is 3.85. The Morgan fingerprint density at radius 2 is 1.70 bits per heavy atom. The lowest BCUT2D eigenvalue weighted by Gasteiger charge is -2.32. The monoisotopic (exact) mass is 363 g/mol. The van der Waals surface area contributed by atoms with Crippen LogP contribution in [-0.4, -0.2) is 55.2 Å². The number of para-hydroxylation sites is 2. The van der Waals surface area contributed by atoms with Gasteiger partial charge in [0.05, 0.1) is 12.6 Å². The Kier molecular flexibility index (Phi) is 5.07. The predicted octanol–water partition coefficient (Wildman–Crippen LogP) is 3.00. The van der Waals surface area contributed by atoms with Crippen LogP contribution in [0.5, 0.6) is 5.75 Å². The summed E-state index contributed by atoms with van der Waals surface area (Å²) in [5.41, 5.74) is 2.06. The van der Waals surface area contributed by atoms with Crippen LogP contribution in [-0.2, 0) is 6.54 Å². The molecule has 2 heterocycles. The molecule has 0 unspecified atom stereocenters. The smallest absolute Gasteiger partial charge is 0.227 e. The lowest BCUT2D eigenvalue weighted by atomic mass is 10.2. The first-order valence-corrected chi connectivity index (χ1v) is 9.30. The highest BCUT2D eigenvalue weighted by atomic mass is 16.5. The third-order valence-corrected chi connectivity index (χ3v) is 5.02. The zero-order valence-corrected chi connectivity index (χ0v) is 15.9. The van der Waals surface area contributed by atoms with Gasteiger partial charge in [0.25, 0.3) is 0 Å². The number of ether oxygens (including phenoxy) is 1. The second-order valence-corrected chi connectivity index (χ2v) is 6.85. The predicted molar refractivity (Wildman–Crippen MR) is 110 cm³/mol. The van der Waals surface area contributed by atoms with E-state index in [9.17, 15) is 0 Å². The standard InChI is InChI=1S/C21H25N5O/c1-25-11-13-26(14-12-25)21-23-18-9-5-4-8-17(18)20(24-21)22-15-16-7-3-6-10-19(16)27-2/h3-10H,11-15H2,1-2H3,(H,22,23,24). The Balaban J connectivity index is 1.64. The molecular weight excluding hydrogens is 338 g/mol. The number of nitrogens with zero attached hydrogens (tertiary/aromatic N) is 4. The first kappa shape index (κ1) is 17.5. The summed E-state index contributed by atoms with van der Waals surface area (Å²) in [5, 5.41) is 4.53. The fourth-order valence-electron chi connectivity index (χ4n) is 3.37. The number of aromatic nitrogens is 2. The van der Waals surface area contributed by atoms with Crippen molar-refractivity contribution in [3.63, 3.8) is 0 Å². The highest BCUT2D eigenvalue weighted by molar-refractivity contribution is 5.90. The third kappa shape index (κ3) is 3.80. The first-order chi connectivity index (χ1) is 13.2. The topological polar surface area (TPSA) is 53.5 Å². The molecule has 0 atom stereocenters. The minimum atomic E-state index is 0.646. The molecule has 6 heteroatoms. The van der Waals surface area contributed by atoms with Gasteiger partial charge in [-0.3, -0.25) is 0 Å². The van der Waals surface area contributed by atoms with Crippen molar-refractivity contribution in [3.8, 4) is 5.75 Å². The van der Waals surface area contributed by atoms with Gasteiger partial charge >= 0.3 is 0 Å². The first-order valence-electron chi connectivity index (χ1n) is 9.30. The normalized spacial score (nSPS) is 15.1. The number of piperazine rings is 1. The van der Waals surface area contributed by atoms with Gasteiger partial charge in [-0.25, -0.2) is 4.98 Å². The van der Waals surface area contributed by atoms with Gasteiger partial charge in [-0.2, -0.15) is 4.98 Å². The lowest BCUT2D eigenvalue weighted by molar-refractivity contribution is 0.311. The molecule has 4 rings (SSSR count). The molecule has 0 aliphatic carbocycles. The molecule has 140 valence electrons. The second-order valence-electron chi connectivity index (χ2n) is 6.85. The zero-order chi connectivity index (χ0) is 18.6. The minimum absolute atomic E-state index is 0.646. The number of fused-ring (bicyclic) bond motifs is 1. The van der Waals surface area contributed by atoms with E-state index in [-0.39, 0.29) is 0 Å². The molecular formula is C21H25N5O. The summed E-state index contributed by atoms with van der Waals surface area (Å²) in [6, 6.07) is 16.2. The van der Waals surface area contributed by atoms with Gasteiger partial charge in [-0.15, -0.1) is 0 Å². The van der Waals surface area contributed by atoms with Crippen LogP contribution in [0.25, 0.3) is 10.9 Å². The highest BCUT2D eigenvalue weighted by Crippen LogP contribution is 2.26. The van der Waals surface area contributed by atoms with E-state index in [1.807, 2.05) is 36.4 Å². The van der Waals surface area contributed by atoms with E-state index in [1.54, 1.807) is 7.11 Å². The molecule has 3 aromatic rings. The maximum absolute atomic E-state index is 5.46. The Hall–Kier alpha value is -2.86. The van der Waals surface area contributed by atoms with Crippen LogP contribution < -0.4 is 15.0 Å². The summed E-state index contributed by atoms with van der Waals surface area (Å²) in [5.74, 6) is 2.53. The van der Waals surface area contributed by atoms with Crippen LogP contribution in [0.15, 0.2) is 48.5 Å². The van der Waals surface area contributed by atoms with Crippen molar-refractivity contribution < 1.29 is 4.74 Å². The van der Waals surface area contributed by atoms with Crippen molar-refractivity contribution >= 4 is 22.7 Å². The number of likely N-dealkylation sites (N-methyl/N-ethyl adjacent to an activating group) is 1. The van der Waals surface area contributed by atoms with Crippen LogP contribution in [0.1, 0.15) is 5.56 Å². The number of rotatable bonds is 5. The van der Waals surface area contributed by atoms with E-state index in [0.29, 0.717) is 6.54 Å². The van der Waals surface area contributed by atoms with Crippen molar-refractivity contribution in [1.29, 1.82) is 0 Å². The summed E-state index contributed by atoms with van der Waals surface area (Å²) in [6.45, 7) is 4.59. The summed E-state index contributed by atoms with van der Waals surface area (Å²) in [4.78, 5) is 14.3. The molecule has 1 aromatic heterocycles. The fraction of sp³-hybridized carbons (Fsp3) is 0.333. The van der Waals surface area contributed by atoms with Gasteiger partial charge in [-0.1, -0.05) is 30.3 Å². The van der Waals surface area contributed by atoms with Crippen LogP contribution >= 0.6 is 0 Å². The molecule has 27 heavy (non-hydrogen) atoms. The van der Waals surface area contributed by atoms with Gasteiger partial charge in [0, 0.05) is 43.7 Å². The summed E-state index contributed by atoms with van der Waals surface area (Å²) >= 11 is 0.